The van der Waals surface area contributed by atoms with Gasteiger partial charge < -0.3 is 15.7 Å². The molecule has 160 valence electrons. The number of fused-ring (bicyclic) bond motifs is 1. The van der Waals surface area contributed by atoms with Gasteiger partial charge in [-0.25, -0.2) is 0 Å². The second-order valence-corrected chi connectivity index (χ2v) is 8.61. The Bertz CT molecular complexity index is 1030. The molecule has 3 heterocycles. The lowest BCUT2D eigenvalue weighted by atomic mass is 10.0. The molecule has 3 N–H and O–H groups in total. The number of hydrogen-bond acceptors (Lipinski definition) is 4. The number of amides is 1. The second-order valence-electron chi connectivity index (χ2n) is 8.61. The van der Waals surface area contributed by atoms with Crippen LogP contribution < -0.4 is 10.6 Å². The molecule has 0 saturated carbocycles. The quantitative estimate of drug-likeness (QED) is 0.575. The van der Waals surface area contributed by atoms with Crippen molar-refractivity contribution in [3.63, 3.8) is 0 Å². The number of aliphatic hydroxyl groups is 1. The summed E-state index contributed by atoms with van der Waals surface area (Å²) >= 11 is 0. The molecule has 0 aliphatic carbocycles. The van der Waals surface area contributed by atoms with Crippen LogP contribution in [0, 0.1) is 0 Å². The summed E-state index contributed by atoms with van der Waals surface area (Å²) in [5, 5.41) is 21.6. The highest BCUT2D eigenvalue weighted by molar-refractivity contribution is 5.94. The number of aromatic nitrogens is 2. The van der Waals surface area contributed by atoms with Gasteiger partial charge in [-0.1, -0.05) is 42.5 Å². The van der Waals surface area contributed by atoms with Crippen LogP contribution in [0.4, 0.5) is 5.69 Å². The largest absolute Gasteiger partial charge is 0.387 e. The van der Waals surface area contributed by atoms with Gasteiger partial charge in [0.2, 0.25) is 5.91 Å². The molecule has 1 aromatic heterocycles. The van der Waals surface area contributed by atoms with Crippen LogP contribution in [0.3, 0.4) is 0 Å². The van der Waals surface area contributed by atoms with Gasteiger partial charge in [0.25, 0.3) is 0 Å². The number of anilines is 1. The van der Waals surface area contributed by atoms with E-state index >= 15 is 0 Å². The average Bonchev–Trinajstić information content (AvgIpc) is 3.52. The molecule has 2 aliphatic heterocycles. The molecule has 4 atom stereocenters. The van der Waals surface area contributed by atoms with Crippen molar-refractivity contribution in [3.05, 3.63) is 83.7 Å². The van der Waals surface area contributed by atoms with Crippen molar-refractivity contribution < 1.29 is 9.90 Å². The zero-order valence-electron chi connectivity index (χ0n) is 17.4. The Kier molecular flexibility index (Phi) is 5.57. The van der Waals surface area contributed by atoms with E-state index in [1.165, 1.54) is 5.56 Å². The van der Waals surface area contributed by atoms with E-state index in [1.807, 2.05) is 53.2 Å². The van der Waals surface area contributed by atoms with E-state index in [4.69, 9.17) is 0 Å². The van der Waals surface area contributed by atoms with Crippen molar-refractivity contribution in [1.29, 1.82) is 0 Å². The molecule has 1 amide bonds. The van der Waals surface area contributed by atoms with E-state index in [2.05, 4.69) is 27.9 Å². The molecule has 3 aromatic rings. The Morgan fingerprint density at radius 2 is 1.90 bits per heavy atom. The Balaban J connectivity index is 1.15. The normalized spacial score (nSPS) is 23.5. The molecule has 6 nitrogen and oxygen atoms in total. The van der Waals surface area contributed by atoms with Crippen LogP contribution in [0.25, 0.3) is 0 Å². The molecule has 0 radical (unpaired) electrons. The highest BCUT2D eigenvalue weighted by Gasteiger charge is 2.30. The third kappa shape index (κ3) is 4.27. The summed E-state index contributed by atoms with van der Waals surface area (Å²) in [6.07, 6.45) is 5.89. The maximum atomic E-state index is 12.7. The predicted octanol–water partition coefficient (Wildman–Crippen LogP) is 3.41. The molecular formula is C25H28N4O2. The first-order valence-corrected chi connectivity index (χ1v) is 11.1. The number of nitrogens with one attached hydrogen (secondary N) is 2. The minimum absolute atomic E-state index is 0.00889. The zero-order chi connectivity index (χ0) is 21.2. The first-order valence-electron chi connectivity index (χ1n) is 11.1. The van der Waals surface area contributed by atoms with Crippen molar-refractivity contribution in [1.82, 2.24) is 15.1 Å². The van der Waals surface area contributed by atoms with Crippen LogP contribution in [-0.4, -0.2) is 32.9 Å². The Hall–Kier alpha value is -2.96. The first-order chi connectivity index (χ1) is 15.2. The van der Waals surface area contributed by atoms with Gasteiger partial charge in [0.1, 0.15) is 6.04 Å². The van der Waals surface area contributed by atoms with E-state index in [1.54, 1.807) is 6.20 Å². The summed E-state index contributed by atoms with van der Waals surface area (Å²) in [5.41, 5.74) is 4.12. The van der Waals surface area contributed by atoms with Crippen LogP contribution in [0.15, 0.2) is 66.9 Å². The van der Waals surface area contributed by atoms with Gasteiger partial charge >= 0.3 is 0 Å². The van der Waals surface area contributed by atoms with Crippen LogP contribution in [0.5, 0.6) is 0 Å². The molecule has 0 bridgehead atoms. The molecule has 5 rings (SSSR count). The van der Waals surface area contributed by atoms with Gasteiger partial charge in [-0.3, -0.25) is 9.48 Å². The van der Waals surface area contributed by atoms with Crippen LogP contribution in [0.2, 0.25) is 0 Å². The average molecular weight is 417 g/mol. The third-order valence-corrected chi connectivity index (χ3v) is 6.53. The number of aryl methyl sites for hydroxylation is 1. The smallest absolute Gasteiger partial charge is 0.249 e. The number of carbonyl (C=O) groups excluding carboxylic acids is 1. The number of benzene rings is 2. The summed E-state index contributed by atoms with van der Waals surface area (Å²) in [5.74, 6) is -0.00889. The standard InChI is InChI=1S/C25H28N4O2/c30-24(18-4-2-1-3-5-18)22-12-10-20(27-22)16-17-6-8-19(9-7-17)28-25(31)23-13-11-21-14-15-26-29(21)23/h1-9,14-15,20,22-24,27,30H,10-13,16H2,(H,28,31)/t20-,22+,23-,24+/m0/s1. The molecule has 31 heavy (non-hydrogen) atoms. The van der Waals surface area contributed by atoms with E-state index < -0.39 is 6.10 Å². The van der Waals surface area contributed by atoms with Gasteiger partial charge in [-0.05, 0) is 61.4 Å². The fourth-order valence-electron chi connectivity index (χ4n) is 4.85. The molecule has 2 aromatic carbocycles. The van der Waals surface area contributed by atoms with Crippen molar-refractivity contribution in [2.24, 2.45) is 0 Å². The van der Waals surface area contributed by atoms with Gasteiger partial charge in [0, 0.05) is 29.7 Å². The minimum atomic E-state index is -0.477. The van der Waals surface area contributed by atoms with Crippen LogP contribution in [0.1, 0.15) is 48.2 Å². The molecule has 1 fully saturated rings. The fraction of sp³-hybridized carbons (Fsp3) is 0.360. The maximum Gasteiger partial charge on any atom is 0.249 e. The highest BCUT2D eigenvalue weighted by Crippen LogP contribution is 2.28. The molecule has 0 unspecified atom stereocenters. The van der Waals surface area contributed by atoms with E-state index in [0.717, 1.165) is 49.0 Å². The number of carbonyl (C=O) groups is 1. The number of rotatable bonds is 6. The third-order valence-electron chi connectivity index (χ3n) is 6.53. The summed E-state index contributed by atoms with van der Waals surface area (Å²) in [7, 11) is 0. The summed E-state index contributed by atoms with van der Waals surface area (Å²) < 4.78 is 1.83. The maximum absolute atomic E-state index is 12.7. The van der Waals surface area contributed by atoms with Crippen molar-refractivity contribution in [3.8, 4) is 0 Å². The highest BCUT2D eigenvalue weighted by atomic mass is 16.3. The Morgan fingerprint density at radius 3 is 2.71 bits per heavy atom. The van der Waals surface area contributed by atoms with E-state index in [-0.39, 0.29) is 18.0 Å². The topological polar surface area (TPSA) is 79.2 Å². The van der Waals surface area contributed by atoms with Crippen LogP contribution >= 0.6 is 0 Å². The van der Waals surface area contributed by atoms with Gasteiger partial charge in [-0.15, -0.1) is 0 Å². The monoisotopic (exact) mass is 416 g/mol. The van der Waals surface area contributed by atoms with Crippen molar-refractivity contribution in [2.75, 3.05) is 5.32 Å². The summed E-state index contributed by atoms with van der Waals surface area (Å²) in [6, 6.07) is 20.1. The van der Waals surface area contributed by atoms with Crippen LogP contribution in [-0.2, 0) is 17.6 Å². The lowest BCUT2D eigenvalue weighted by molar-refractivity contribution is -0.119. The minimum Gasteiger partial charge on any atom is -0.387 e. The Labute approximate surface area is 182 Å². The van der Waals surface area contributed by atoms with E-state index in [0.29, 0.717) is 6.04 Å². The van der Waals surface area contributed by atoms with Gasteiger partial charge in [0.15, 0.2) is 0 Å². The van der Waals surface area contributed by atoms with E-state index in [9.17, 15) is 9.90 Å². The molecular weight excluding hydrogens is 388 g/mol. The Morgan fingerprint density at radius 1 is 1.10 bits per heavy atom. The molecule has 6 heteroatoms. The number of hydrogen-bond donors (Lipinski definition) is 3. The van der Waals surface area contributed by atoms with Crippen molar-refractivity contribution in [2.45, 2.75) is 56.3 Å². The number of aliphatic hydroxyl groups excluding tert-OH is 1. The summed E-state index contributed by atoms with van der Waals surface area (Å²) in [6.45, 7) is 0. The molecule has 1 saturated heterocycles. The molecule has 2 aliphatic rings. The zero-order valence-corrected chi connectivity index (χ0v) is 17.4. The predicted molar refractivity (Wildman–Crippen MR) is 120 cm³/mol. The fourth-order valence-corrected chi connectivity index (χ4v) is 4.85. The SMILES string of the molecule is O=C(Nc1ccc(C[C@@H]2CC[C@H]([C@H](O)c3ccccc3)N2)cc1)[C@@H]1CCc2ccnn21. The molecule has 0 spiro atoms. The lowest BCUT2D eigenvalue weighted by Crippen LogP contribution is -2.35. The van der Waals surface area contributed by atoms with Crippen molar-refractivity contribution >= 4 is 11.6 Å². The lowest BCUT2D eigenvalue weighted by Gasteiger charge is -2.20. The second kappa shape index (κ2) is 8.65. The summed E-state index contributed by atoms with van der Waals surface area (Å²) in [4.78, 5) is 12.7. The number of nitrogens with zero attached hydrogens (tertiary/aromatic N) is 2. The van der Waals surface area contributed by atoms with Gasteiger partial charge in [0.05, 0.1) is 6.10 Å². The van der Waals surface area contributed by atoms with Gasteiger partial charge in [-0.2, -0.15) is 5.10 Å². The first kappa shape index (κ1) is 20.0.